The fourth-order valence-corrected chi connectivity index (χ4v) is 4.68. The molecule has 0 radical (unpaired) electrons. The van der Waals surface area contributed by atoms with Crippen LogP contribution in [0.25, 0.3) is 0 Å². The number of anilines is 1. The molecule has 3 aromatic carbocycles. The first-order chi connectivity index (χ1) is 20.3. The SMILES string of the molecule is O=C(Nc1cccc(F)c1)N[C@](Cc1ccc(F)c(F)c1)(c1cc(F)cc(OC(F)(F)C(F)F)c1)c1ccc(CI)cn1. The van der Waals surface area contributed by atoms with E-state index in [2.05, 4.69) is 42.9 Å². The molecule has 0 bridgehead atoms. The number of halogens is 9. The number of nitrogens with zero attached hydrogens (tertiary/aromatic N) is 1. The summed E-state index contributed by atoms with van der Waals surface area (Å²) < 4.78 is 115. The second kappa shape index (κ2) is 13.1. The van der Waals surface area contributed by atoms with Crippen molar-refractivity contribution in [3.63, 3.8) is 0 Å². The van der Waals surface area contributed by atoms with E-state index < -0.39 is 59.5 Å². The quantitative estimate of drug-likeness (QED) is 0.0989. The molecule has 43 heavy (non-hydrogen) atoms. The lowest BCUT2D eigenvalue weighted by molar-refractivity contribution is -0.253. The number of amides is 2. The van der Waals surface area contributed by atoms with Crippen LogP contribution in [0.2, 0.25) is 0 Å². The number of aromatic nitrogens is 1. The highest BCUT2D eigenvalue weighted by Gasteiger charge is 2.45. The highest BCUT2D eigenvalue weighted by molar-refractivity contribution is 14.1. The zero-order chi connectivity index (χ0) is 31.4. The fraction of sp³-hybridized carbons (Fsp3) is 0.172. The lowest BCUT2D eigenvalue weighted by Crippen LogP contribution is -2.50. The minimum atomic E-state index is -5.00. The van der Waals surface area contributed by atoms with Gasteiger partial charge in [-0.1, -0.05) is 40.8 Å². The topological polar surface area (TPSA) is 63.2 Å². The van der Waals surface area contributed by atoms with Gasteiger partial charge in [0.25, 0.3) is 0 Å². The van der Waals surface area contributed by atoms with Crippen molar-refractivity contribution in [1.82, 2.24) is 10.3 Å². The maximum atomic E-state index is 14.9. The molecule has 4 aromatic rings. The molecule has 0 aliphatic carbocycles. The van der Waals surface area contributed by atoms with Crippen LogP contribution in [-0.4, -0.2) is 23.5 Å². The van der Waals surface area contributed by atoms with Crippen molar-refractivity contribution in [3.8, 4) is 5.75 Å². The lowest BCUT2D eigenvalue weighted by atomic mass is 9.80. The molecule has 5 nitrogen and oxygen atoms in total. The summed E-state index contributed by atoms with van der Waals surface area (Å²) in [6.45, 7) is 0. The summed E-state index contributed by atoms with van der Waals surface area (Å²) in [4.78, 5) is 17.7. The van der Waals surface area contributed by atoms with Crippen LogP contribution in [-0.2, 0) is 16.4 Å². The molecule has 0 spiro atoms. The van der Waals surface area contributed by atoms with E-state index in [1.807, 2.05) is 0 Å². The van der Waals surface area contributed by atoms with Crippen LogP contribution in [0.3, 0.4) is 0 Å². The van der Waals surface area contributed by atoms with Gasteiger partial charge in [0.1, 0.15) is 22.9 Å². The number of carbonyl (C=O) groups is 1. The van der Waals surface area contributed by atoms with E-state index in [-0.39, 0.29) is 22.5 Å². The Hall–Kier alpha value is -3.95. The fourth-order valence-electron chi connectivity index (χ4n) is 4.22. The van der Waals surface area contributed by atoms with Crippen molar-refractivity contribution < 1.29 is 44.7 Å². The summed E-state index contributed by atoms with van der Waals surface area (Å²) in [5.74, 6) is -5.38. The summed E-state index contributed by atoms with van der Waals surface area (Å²) in [7, 11) is 0. The number of rotatable bonds is 10. The van der Waals surface area contributed by atoms with Crippen LogP contribution in [0, 0.1) is 23.3 Å². The predicted octanol–water partition coefficient (Wildman–Crippen LogP) is 8.12. The molecule has 0 saturated carbocycles. The number of hydrogen-bond acceptors (Lipinski definition) is 3. The molecule has 0 fully saturated rings. The highest BCUT2D eigenvalue weighted by atomic mass is 127. The number of benzene rings is 3. The molecule has 1 heterocycles. The van der Waals surface area contributed by atoms with Crippen LogP contribution >= 0.6 is 22.6 Å². The Kier molecular flexibility index (Phi) is 9.77. The second-order valence-corrected chi connectivity index (χ2v) is 10.0. The van der Waals surface area contributed by atoms with Gasteiger partial charge < -0.3 is 15.4 Å². The number of pyridine rings is 1. The van der Waals surface area contributed by atoms with Crippen molar-refractivity contribution in [2.24, 2.45) is 0 Å². The van der Waals surface area contributed by atoms with E-state index in [0.717, 1.165) is 42.0 Å². The Bertz CT molecular complexity index is 1610. The van der Waals surface area contributed by atoms with Crippen LogP contribution in [0.15, 0.2) is 79.0 Å². The van der Waals surface area contributed by atoms with Gasteiger partial charge in [0, 0.05) is 28.8 Å². The summed E-state index contributed by atoms with van der Waals surface area (Å²) in [6, 6.07) is 11.6. The maximum absolute atomic E-state index is 14.9. The monoisotopic (exact) mass is 721 g/mol. The molecular formula is C29H20F8IN3O2. The summed E-state index contributed by atoms with van der Waals surface area (Å²) in [6.07, 6.45) is -8.33. The maximum Gasteiger partial charge on any atom is 0.461 e. The highest BCUT2D eigenvalue weighted by Crippen LogP contribution is 2.37. The van der Waals surface area contributed by atoms with Gasteiger partial charge in [0.05, 0.1) is 5.69 Å². The van der Waals surface area contributed by atoms with Gasteiger partial charge >= 0.3 is 18.6 Å². The third kappa shape index (κ3) is 7.72. The minimum Gasteiger partial charge on any atom is -0.428 e. The van der Waals surface area contributed by atoms with Crippen molar-refractivity contribution in [2.75, 3.05) is 5.32 Å². The van der Waals surface area contributed by atoms with E-state index in [1.54, 1.807) is 6.07 Å². The Morgan fingerprint density at radius 1 is 0.884 bits per heavy atom. The van der Waals surface area contributed by atoms with Crippen molar-refractivity contribution in [2.45, 2.75) is 28.9 Å². The first-order valence-electron chi connectivity index (χ1n) is 12.3. The van der Waals surface area contributed by atoms with Gasteiger partial charge in [-0.3, -0.25) is 4.98 Å². The van der Waals surface area contributed by atoms with Gasteiger partial charge in [0.15, 0.2) is 11.6 Å². The number of urea groups is 1. The van der Waals surface area contributed by atoms with Crippen molar-refractivity contribution in [3.05, 3.63) is 125 Å². The van der Waals surface area contributed by atoms with Crippen LogP contribution in [0.4, 0.5) is 45.6 Å². The summed E-state index contributed by atoms with van der Waals surface area (Å²) in [5.41, 5.74) is -1.66. The van der Waals surface area contributed by atoms with Crippen LogP contribution in [0.1, 0.15) is 22.4 Å². The molecule has 226 valence electrons. The number of ether oxygens (including phenoxy) is 1. The Morgan fingerprint density at radius 3 is 2.26 bits per heavy atom. The second-order valence-electron chi connectivity index (χ2n) is 9.25. The van der Waals surface area contributed by atoms with E-state index in [0.29, 0.717) is 10.5 Å². The van der Waals surface area contributed by atoms with Gasteiger partial charge in [-0.2, -0.15) is 17.6 Å². The van der Waals surface area contributed by atoms with Gasteiger partial charge in [-0.05, 0) is 65.2 Å². The lowest BCUT2D eigenvalue weighted by Gasteiger charge is -2.36. The summed E-state index contributed by atoms with van der Waals surface area (Å²) >= 11 is 2.06. The third-order valence-corrected chi connectivity index (χ3v) is 7.03. The Balaban J connectivity index is 1.93. The zero-order valence-corrected chi connectivity index (χ0v) is 23.8. The average molecular weight is 721 g/mol. The Morgan fingerprint density at radius 2 is 1.63 bits per heavy atom. The molecule has 2 amide bonds. The molecule has 0 aliphatic rings. The number of alkyl halides is 5. The van der Waals surface area contributed by atoms with E-state index in [9.17, 15) is 39.9 Å². The van der Waals surface area contributed by atoms with E-state index in [1.165, 1.54) is 30.5 Å². The molecule has 0 saturated heterocycles. The molecule has 1 atom stereocenters. The smallest absolute Gasteiger partial charge is 0.428 e. The molecule has 14 heteroatoms. The minimum absolute atomic E-state index is 0.00714. The van der Waals surface area contributed by atoms with Gasteiger partial charge in [-0.25, -0.2) is 22.4 Å². The Labute approximate surface area is 253 Å². The van der Waals surface area contributed by atoms with Crippen LogP contribution in [0.5, 0.6) is 5.75 Å². The standard InChI is InChI=1S/C29H20F8IN3O2/c30-19-2-1-3-21(11-19)40-27(42)41-28(25-7-5-17(14-38)15-39-25,13-16-4-6-23(32)24(33)8-16)18-9-20(31)12-22(10-18)43-29(36,37)26(34)35/h1-12,15,26H,13-14H2,(H2,40,41,42)/t28-/m1/s1. The number of hydrogen-bond donors (Lipinski definition) is 2. The van der Waals surface area contributed by atoms with Crippen LogP contribution < -0.4 is 15.4 Å². The first-order valence-corrected chi connectivity index (χ1v) is 13.8. The third-order valence-electron chi connectivity index (χ3n) is 6.15. The molecular weight excluding hydrogens is 701 g/mol. The largest absolute Gasteiger partial charge is 0.461 e. The number of carbonyl (C=O) groups excluding carboxylic acids is 1. The molecule has 0 aliphatic heterocycles. The summed E-state index contributed by atoms with van der Waals surface area (Å²) in [5, 5.41) is 4.97. The van der Waals surface area contributed by atoms with E-state index in [4.69, 9.17) is 0 Å². The van der Waals surface area contributed by atoms with Gasteiger partial charge in [0.2, 0.25) is 0 Å². The zero-order valence-electron chi connectivity index (χ0n) is 21.7. The first kappa shape index (κ1) is 32.0. The van der Waals surface area contributed by atoms with Gasteiger partial charge in [-0.15, -0.1) is 0 Å². The predicted molar refractivity (Wildman–Crippen MR) is 149 cm³/mol. The number of nitrogens with one attached hydrogen (secondary N) is 2. The average Bonchev–Trinajstić information content (AvgIpc) is 2.94. The molecule has 1 aromatic heterocycles. The van der Waals surface area contributed by atoms with Crippen molar-refractivity contribution >= 4 is 34.3 Å². The molecule has 2 N–H and O–H groups in total. The molecule has 0 unspecified atom stereocenters. The normalized spacial score (nSPS) is 13.0. The van der Waals surface area contributed by atoms with Crippen molar-refractivity contribution in [1.29, 1.82) is 0 Å². The van der Waals surface area contributed by atoms with E-state index >= 15 is 0 Å². The molecule has 4 rings (SSSR count).